The fraction of sp³-hybridized carbons (Fsp3) is 0.240. The Kier molecular flexibility index (Phi) is 5.96. The van der Waals surface area contributed by atoms with Crippen LogP contribution in [0.2, 0.25) is 10.0 Å². The summed E-state index contributed by atoms with van der Waals surface area (Å²) in [5.41, 5.74) is 10.9. The molecule has 0 aromatic heterocycles. The molecule has 0 fully saturated rings. The van der Waals surface area contributed by atoms with Crippen LogP contribution in [0, 0.1) is 16.7 Å². The van der Waals surface area contributed by atoms with Gasteiger partial charge in [-0.05, 0) is 35.6 Å². The van der Waals surface area contributed by atoms with E-state index in [1.165, 1.54) is 5.01 Å². The fourth-order valence-electron chi connectivity index (χ4n) is 4.45. The maximum absolute atomic E-state index is 13.4. The summed E-state index contributed by atoms with van der Waals surface area (Å²) < 4.78 is 0. The highest BCUT2D eigenvalue weighted by atomic mass is 35.5. The summed E-state index contributed by atoms with van der Waals surface area (Å²) in [5.74, 6) is -1.25. The second-order valence-electron chi connectivity index (χ2n) is 8.93. The number of nitrogens with one attached hydrogen (secondary N) is 1. The van der Waals surface area contributed by atoms with Gasteiger partial charge in [-0.1, -0.05) is 67.4 Å². The molecule has 2 aliphatic rings. The number of Topliss-reactive ketones (excluding diaryl/α,β-unsaturated/α-hetero) is 1. The zero-order valence-electron chi connectivity index (χ0n) is 18.2. The summed E-state index contributed by atoms with van der Waals surface area (Å²) in [6, 6.07) is 15.9. The van der Waals surface area contributed by atoms with Gasteiger partial charge in [0, 0.05) is 17.6 Å². The molecule has 1 amide bonds. The second-order valence-corrected chi connectivity index (χ2v) is 9.72. The van der Waals surface area contributed by atoms with Crippen LogP contribution in [0.5, 0.6) is 0 Å². The number of benzene rings is 2. The SMILES string of the molecule is CC1(C)CC(=O)C2=C(C1)N(NC(=O)c1ccccc1)C(N)=C(C#N)C2c1cccc(Cl)c1Cl. The number of carbonyl (C=O) groups is 2. The molecule has 0 bridgehead atoms. The molecule has 0 spiro atoms. The molecule has 2 aromatic carbocycles. The average molecular weight is 481 g/mol. The third kappa shape index (κ3) is 4.10. The lowest BCUT2D eigenvalue weighted by atomic mass is 9.69. The molecule has 1 atom stereocenters. The van der Waals surface area contributed by atoms with Gasteiger partial charge in [0.1, 0.15) is 5.82 Å². The quantitative estimate of drug-likeness (QED) is 0.638. The Bertz CT molecular complexity index is 1260. The van der Waals surface area contributed by atoms with Gasteiger partial charge in [-0.15, -0.1) is 0 Å². The number of nitrogens with two attached hydrogens (primary N) is 1. The molecule has 1 aliphatic carbocycles. The van der Waals surface area contributed by atoms with Crippen molar-refractivity contribution in [3.8, 4) is 6.07 Å². The molecule has 8 heteroatoms. The number of amides is 1. The molecule has 3 N–H and O–H groups in total. The molecule has 168 valence electrons. The molecule has 33 heavy (non-hydrogen) atoms. The molecule has 4 rings (SSSR count). The summed E-state index contributed by atoms with van der Waals surface area (Å²) in [6.45, 7) is 3.96. The highest BCUT2D eigenvalue weighted by Crippen LogP contribution is 2.50. The number of nitriles is 1. The van der Waals surface area contributed by atoms with E-state index in [1.807, 2.05) is 19.9 Å². The molecule has 1 aliphatic heterocycles. The van der Waals surface area contributed by atoms with Gasteiger partial charge < -0.3 is 5.73 Å². The third-order valence-electron chi connectivity index (χ3n) is 5.92. The first-order valence-electron chi connectivity index (χ1n) is 10.4. The van der Waals surface area contributed by atoms with Crippen molar-refractivity contribution in [2.75, 3.05) is 0 Å². The first-order chi connectivity index (χ1) is 15.6. The molecule has 6 nitrogen and oxygen atoms in total. The van der Waals surface area contributed by atoms with Gasteiger partial charge >= 0.3 is 0 Å². The van der Waals surface area contributed by atoms with Crippen LogP contribution >= 0.6 is 23.2 Å². The van der Waals surface area contributed by atoms with Gasteiger partial charge in [-0.3, -0.25) is 15.0 Å². The molecular formula is C25H22Cl2N4O2. The first kappa shape index (κ1) is 22.9. The van der Waals surface area contributed by atoms with E-state index in [4.69, 9.17) is 28.9 Å². The van der Waals surface area contributed by atoms with Crippen molar-refractivity contribution in [3.63, 3.8) is 0 Å². The van der Waals surface area contributed by atoms with Crippen LogP contribution in [0.3, 0.4) is 0 Å². The molecule has 0 saturated carbocycles. The number of rotatable bonds is 3. The summed E-state index contributed by atoms with van der Waals surface area (Å²) in [5, 5.41) is 12.0. The average Bonchev–Trinajstić information content (AvgIpc) is 2.77. The number of hydrogen-bond acceptors (Lipinski definition) is 5. The predicted molar refractivity (Wildman–Crippen MR) is 127 cm³/mol. The minimum absolute atomic E-state index is 0.0482. The Labute approximate surface area is 202 Å². The number of hydrazine groups is 1. The summed E-state index contributed by atoms with van der Waals surface area (Å²) in [4.78, 5) is 26.4. The zero-order valence-corrected chi connectivity index (χ0v) is 19.7. The van der Waals surface area contributed by atoms with Crippen molar-refractivity contribution in [1.82, 2.24) is 10.4 Å². The zero-order chi connectivity index (χ0) is 23.9. The Morgan fingerprint density at radius 1 is 1.15 bits per heavy atom. The molecule has 0 saturated heterocycles. The van der Waals surface area contributed by atoms with Crippen molar-refractivity contribution >= 4 is 34.9 Å². The van der Waals surface area contributed by atoms with Gasteiger partial charge in [0.05, 0.1) is 33.3 Å². The number of nitrogens with zero attached hydrogens (tertiary/aromatic N) is 2. The Hall–Kier alpha value is -3.27. The Morgan fingerprint density at radius 2 is 1.85 bits per heavy atom. The Morgan fingerprint density at radius 3 is 2.52 bits per heavy atom. The minimum Gasteiger partial charge on any atom is -0.383 e. The van der Waals surface area contributed by atoms with E-state index in [0.29, 0.717) is 40.3 Å². The van der Waals surface area contributed by atoms with Crippen molar-refractivity contribution in [2.24, 2.45) is 11.1 Å². The number of ketones is 1. The van der Waals surface area contributed by atoms with Gasteiger partial charge in [0.25, 0.3) is 5.91 Å². The molecule has 0 radical (unpaired) electrons. The standard InChI is InChI=1S/C25H22Cl2N4O2/c1-25(2)11-18-21(19(32)12-25)20(15-9-6-10-17(26)22(15)27)16(13-28)23(29)31(18)30-24(33)14-7-4-3-5-8-14/h3-10,20H,11-12,29H2,1-2H3,(H,30,33). The minimum atomic E-state index is -0.773. The van der Waals surface area contributed by atoms with Crippen molar-refractivity contribution in [1.29, 1.82) is 5.26 Å². The second kappa shape index (κ2) is 8.58. The Balaban J connectivity index is 1.90. The molecule has 1 unspecified atom stereocenters. The van der Waals surface area contributed by atoms with E-state index in [9.17, 15) is 14.9 Å². The third-order valence-corrected chi connectivity index (χ3v) is 6.76. The smallest absolute Gasteiger partial charge is 0.270 e. The summed E-state index contributed by atoms with van der Waals surface area (Å²) >= 11 is 12.8. The van der Waals surface area contributed by atoms with Gasteiger partial charge in [0.2, 0.25) is 0 Å². The molecule has 1 heterocycles. The van der Waals surface area contributed by atoms with Gasteiger partial charge in [-0.2, -0.15) is 5.26 Å². The van der Waals surface area contributed by atoms with E-state index in [0.717, 1.165) is 0 Å². The van der Waals surface area contributed by atoms with Crippen molar-refractivity contribution in [3.05, 3.63) is 92.4 Å². The van der Waals surface area contributed by atoms with Crippen LogP contribution in [0.15, 0.2) is 71.2 Å². The van der Waals surface area contributed by atoms with E-state index in [-0.39, 0.29) is 27.6 Å². The van der Waals surface area contributed by atoms with Gasteiger partial charge in [-0.25, -0.2) is 5.01 Å². The maximum Gasteiger partial charge on any atom is 0.270 e. The van der Waals surface area contributed by atoms with Crippen LogP contribution in [-0.4, -0.2) is 16.7 Å². The monoisotopic (exact) mass is 480 g/mol. The summed E-state index contributed by atoms with van der Waals surface area (Å²) in [6.07, 6.45) is 0.761. The first-order valence-corrected chi connectivity index (χ1v) is 11.2. The van der Waals surface area contributed by atoms with Crippen LogP contribution in [0.1, 0.15) is 48.5 Å². The number of allylic oxidation sites excluding steroid dienone is 3. The number of hydrogen-bond donors (Lipinski definition) is 2. The molecule has 2 aromatic rings. The highest BCUT2D eigenvalue weighted by molar-refractivity contribution is 6.42. The summed E-state index contributed by atoms with van der Waals surface area (Å²) in [7, 11) is 0. The van der Waals surface area contributed by atoms with Crippen LogP contribution in [-0.2, 0) is 4.79 Å². The van der Waals surface area contributed by atoms with Crippen LogP contribution in [0.4, 0.5) is 0 Å². The number of carbonyl (C=O) groups excluding carboxylic acids is 2. The topological polar surface area (TPSA) is 99.2 Å². The van der Waals surface area contributed by atoms with Crippen molar-refractivity contribution < 1.29 is 9.59 Å². The lowest BCUT2D eigenvalue weighted by Gasteiger charge is -2.43. The van der Waals surface area contributed by atoms with E-state index < -0.39 is 11.8 Å². The maximum atomic E-state index is 13.4. The van der Waals surface area contributed by atoms with Gasteiger partial charge in [0.15, 0.2) is 5.78 Å². The largest absolute Gasteiger partial charge is 0.383 e. The molecular weight excluding hydrogens is 459 g/mol. The fourth-order valence-corrected chi connectivity index (χ4v) is 4.86. The van der Waals surface area contributed by atoms with E-state index in [2.05, 4.69) is 11.5 Å². The lowest BCUT2D eigenvalue weighted by molar-refractivity contribution is -0.118. The van der Waals surface area contributed by atoms with E-state index in [1.54, 1.807) is 42.5 Å². The van der Waals surface area contributed by atoms with E-state index >= 15 is 0 Å². The van der Waals surface area contributed by atoms with Crippen LogP contribution in [0.25, 0.3) is 0 Å². The predicted octanol–water partition coefficient (Wildman–Crippen LogP) is 5.07. The van der Waals surface area contributed by atoms with Crippen LogP contribution < -0.4 is 11.2 Å². The lowest BCUT2D eigenvalue weighted by Crippen LogP contribution is -2.49. The normalized spacial score (nSPS) is 19.8. The number of halogens is 2. The van der Waals surface area contributed by atoms with Crippen molar-refractivity contribution in [2.45, 2.75) is 32.6 Å². The highest BCUT2D eigenvalue weighted by Gasteiger charge is 2.45.